The van der Waals surface area contributed by atoms with Gasteiger partial charge in [0.2, 0.25) is 5.91 Å². The van der Waals surface area contributed by atoms with Crippen molar-refractivity contribution in [2.45, 2.75) is 13.3 Å². The first-order chi connectivity index (χ1) is 12.7. The third-order valence-electron chi connectivity index (χ3n) is 5.13. The summed E-state index contributed by atoms with van der Waals surface area (Å²) in [4.78, 5) is 16.9. The van der Waals surface area contributed by atoms with Gasteiger partial charge in [-0.05, 0) is 30.2 Å². The van der Waals surface area contributed by atoms with Gasteiger partial charge >= 0.3 is 0 Å². The lowest BCUT2D eigenvalue weighted by atomic mass is 10.1. The summed E-state index contributed by atoms with van der Waals surface area (Å²) < 4.78 is 11.3. The van der Waals surface area contributed by atoms with E-state index in [2.05, 4.69) is 24.0 Å². The molecule has 136 valence electrons. The molecule has 1 saturated heterocycles. The van der Waals surface area contributed by atoms with Crippen molar-refractivity contribution in [3.05, 3.63) is 53.6 Å². The Labute approximate surface area is 154 Å². The normalized spacial score (nSPS) is 16.5. The Kier molecular flexibility index (Phi) is 4.69. The van der Waals surface area contributed by atoms with Crippen LogP contribution in [-0.2, 0) is 11.2 Å². The number of nitrogens with zero attached hydrogens (tertiary/aromatic N) is 2. The van der Waals surface area contributed by atoms with Crippen LogP contribution in [-0.4, -0.2) is 50.2 Å². The predicted molar refractivity (Wildman–Crippen MR) is 101 cm³/mol. The maximum Gasteiger partial charge on any atom is 0.227 e. The van der Waals surface area contributed by atoms with Crippen LogP contribution < -0.4 is 14.4 Å². The largest absolute Gasteiger partial charge is 0.486 e. The molecule has 5 nitrogen and oxygen atoms in total. The summed E-state index contributed by atoms with van der Waals surface area (Å²) in [5, 5.41) is 0. The molecule has 0 radical (unpaired) electrons. The van der Waals surface area contributed by atoms with E-state index in [4.69, 9.17) is 9.47 Å². The van der Waals surface area contributed by atoms with Crippen molar-refractivity contribution < 1.29 is 14.3 Å². The van der Waals surface area contributed by atoms with E-state index < -0.39 is 0 Å². The molecule has 2 aromatic rings. The van der Waals surface area contributed by atoms with E-state index in [0.29, 0.717) is 19.6 Å². The average Bonchev–Trinajstić information content (AvgIpc) is 2.69. The molecule has 1 amide bonds. The van der Waals surface area contributed by atoms with E-state index >= 15 is 0 Å². The minimum absolute atomic E-state index is 0.209. The molecule has 0 saturated carbocycles. The van der Waals surface area contributed by atoms with Crippen LogP contribution in [0.1, 0.15) is 11.1 Å². The van der Waals surface area contributed by atoms with Crippen molar-refractivity contribution in [2.24, 2.45) is 0 Å². The maximum atomic E-state index is 12.6. The molecule has 0 N–H and O–H groups in total. The smallest absolute Gasteiger partial charge is 0.227 e. The second kappa shape index (κ2) is 7.28. The topological polar surface area (TPSA) is 42.0 Å². The van der Waals surface area contributed by atoms with Crippen LogP contribution in [0.2, 0.25) is 0 Å². The number of fused-ring (bicyclic) bond motifs is 1. The van der Waals surface area contributed by atoms with Crippen LogP contribution in [0.4, 0.5) is 5.69 Å². The lowest BCUT2D eigenvalue weighted by Gasteiger charge is -2.36. The summed E-state index contributed by atoms with van der Waals surface area (Å²) in [6.45, 7) is 6.42. The SMILES string of the molecule is Cc1ccccc1CC(=O)N1CCN(c2ccc3c(c2)OCCO3)CC1. The van der Waals surface area contributed by atoms with E-state index in [1.165, 1.54) is 5.56 Å². The van der Waals surface area contributed by atoms with Crippen molar-refractivity contribution >= 4 is 11.6 Å². The lowest BCUT2D eigenvalue weighted by molar-refractivity contribution is -0.130. The number of aryl methyl sites for hydroxylation is 1. The molecule has 2 aliphatic rings. The maximum absolute atomic E-state index is 12.6. The fraction of sp³-hybridized carbons (Fsp3) is 0.381. The van der Waals surface area contributed by atoms with Gasteiger partial charge in [-0.3, -0.25) is 4.79 Å². The fourth-order valence-electron chi connectivity index (χ4n) is 3.53. The Morgan fingerprint density at radius 2 is 1.69 bits per heavy atom. The highest BCUT2D eigenvalue weighted by Gasteiger charge is 2.23. The molecule has 0 atom stereocenters. The molecule has 5 heteroatoms. The molecule has 26 heavy (non-hydrogen) atoms. The average molecular weight is 352 g/mol. The number of carbonyl (C=O) groups excluding carboxylic acids is 1. The minimum atomic E-state index is 0.209. The van der Waals surface area contributed by atoms with Crippen LogP contribution in [0.25, 0.3) is 0 Å². The first-order valence-corrected chi connectivity index (χ1v) is 9.17. The highest BCUT2D eigenvalue weighted by atomic mass is 16.6. The van der Waals surface area contributed by atoms with E-state index in [9.17, 15) is 4.79 Å². The minimum Gasteiger partial charge on any atom is -0.486 e. The van der Waals surface area contributed by atoms with E-state index in [1.54, 1.807) is 0 Å². The number of anilines is 1. The van der Waals surface area contributed by atoms with Gasteiger partial charge in [0.1, 0.15) is 13.2 Å². The molecule has 0 aliphatic carbocycles. The van der Waals surface area contributed by atoms with E-state index in [-0.39, 0.29) is 5.91 Å². The first kappa shape index (κ1) is 16.8. The number of hydrogen-bond acceptors (Lipinski definition) is 4. The van der Waals surface area contributed by atoms with Gasteiger partial charge in [0.05, 0.1) is 6.42 Å². The van der Waals surface area contributed by atoms with Crippen molar-refractivity contribution in [3.63, 3.8) is 0 Å². The third-order valence-corrected chi connectivity index (χ3v) is 5.13. The van der Waals surface area contributed by atoms with Gasteiger partial charge in [-0.25, -0.2) is 0 Å². The van der Waals surface area contributed by atoms with Crippen molar-refractivity contribution in [3.8, 4) is 11.5 Å². The Morgan fingerprint density at radius 1 is 0.962 bits per heavy atom. The van der Waals surface area contributed by atoms with E-state index in [1.807, 2.05) is 35.2 Å². The van der Waals surface area contributed by atoms with Gasteiger partial charge in [-0.1, -0.05) is 24.3 Å². The standard InChI is InChI=1S/C21H24N2O3/c1-16-4-2-3-5-17(16)14-21(24)23-10-8-22(9-11-23)18-6-7-19-20(15-18)26-13-12-25-19/h2-7,15H,8-14H2,1H3. The number of hydrogen-bond donors (Lipinski definition) is 0. The monoisotopic (exact) mass is 352 g/mol. The summed E-state index contributed by atoms with van der Waals surface area (Å²) in [6.07, 6.45) is 0.483. The molecule has 4 rings (SSSR count). The fourth-order valence-corrected chi connectivity index (χ4v) is 3.53. The van der Waals surface area contributed by atoms with E-state index in [0.717, 1.165) is 48.9 Å². The van der Waals surface area contributed by atoms with Gasteiger partial charge < -0.3 is 19.3 Å². The van der Waals surface area contributed by atoms with Gasteiger partial charge in [0.25, 0.3) is 0 Å². The second-order valence-electron chi connectivity index (χ2n) is 6.80. The summed E-state index contributed by atoms with van der Waals surface area (Å²) in [5.41, 5.74) is 3.42. The molecular weight excluding hydrogens is 328 g/mol. The molecule has 0 spiro atoms. The third kappa shape index (κ3) is 3.47. The van der Waals surface area contributed by atoms with Crippen molar-refractivity contribution in [1.29, 1.82) is 0 Å². The zero-order valence-corrected chi connectivity index (χ0v) is 15.1. The Hall–Kier alpha value is -2.69. The molecule has 2 aliphatic heterocycles. The Balaban J connectivity index is 1.36. The Morgan fingerprint density at radius 3 is 2.46 bits per heavy atom. The molecule has 0 aromatic heterocycles. The lowest BCUT2D eigenvalue weighted by Crippen LogP contribution is -2.49. The van der Waals surface area contributed by atoms with Gasteiger partial charge in [0, 0.05) is 37.9 Å². The molecule has 1 fully saturated rings. The summed E-state index contributed by atoms with van der Waals surface area (Å²) in [7, 11) is 0. The summed E-state index contributed by atoms with van der Waals surface area (Å²) >= 11 is 0. The number of amides is 1. The first-order valence-electron chi connectivity index (χ1n) is 9.17. The van der Waals surface area contributed by atoms with Crippen LogP contribution in [0.15, 0.2) is 42.5 Å². The summed E-state index contributed by atoms with van der Waals surface area (Å²) in [6, 6.07) is 14.2. The highest BCUT2D eigenvalue weighted by molar-refractivity contribution is 5.79. The van der Waals surface area contributed by atoms with Crippen LogP contribution in [0.5, 0.6) is 11.5 Å². The van der Waals surface area contributed by atoms with Crippen molar-refractivity contribution in [1.82, 2.24) is 4.90 Å². The molecule has 2 aromatic carbocycles. The predicted octanol–water partition coefficient (Wildman–Crippen LogP) is 2.66. The molecule has 0 unspecified atom stereocenters. The Bertz CT molecular complexity index is 798. The molecule has 2 heterocycles. The van der Waals surface area contributed by atoms with Crippen LogP contribution >= 0.6 is 0 Å². The summed E-state index contributed by atoms with van der Waals surface area (Å²) in [5.74, 6) is 1.83. The molecule has 0 bridgehead atoms. The second-order valence-corrected chi connectivity index (χ2v) is 6.80. The highest BCUT2D eigenvalue weighted by Crippen LogP contribution is 2.34. The zero-order chi connectivity index (χ0) is 17.9. The van der Waals surface area contributed by atoms with Gasteiger partial charge in [0.15, 0.2) is 11.5 Å². The zero-order valence-electron chi connectivity index (χ0n) is 15.1. The molecular formula is C21H24N2O3. The quantitative estimate of drug-likeness (QED) is 0.852. The van der Waals surface area contributed by atoms with Crippen molar-refractivity contribution in [2.75, 3.05) is 44.3 Å². The van der Waals surface area contributed by atoms with Gasteiger partial charge in [-0.2, -0.15) is 0 Å². The van der Waals surface area contributed by atoms with Crippen LogP contribution in [0, 0.1) is 6.92 Å². The number of benzene rings is 2. The number of ether oxygens (including phenoxy) is 2. The van der Waals surface area contributed by atoms with Gasteiger partial charge in [-0.15, -0.1) is 0 Å². The van der Waals surface area contributed by atoms with Crippen LogP contribution in [0.3, 0.4) is 0 Å². The number of piperazine rings is 1. The number of rotatable bonds is 3. The number of carbonyl (C=O) groups is 1.